The van der Waals surface area contributed by atoms with E-state index in [1.807, 2.05) is 6.92 Å². The van der Waals surface area contributed by atoms with Gasteiger partial charge in [-0.2, -0.15) is 0 Å². The molecule has 1 aromatic rings. The fourth-order valence-corrected chi connectivity index (χ4v) is 2.04. The second-order valence-corrected chi connectivity index (χ2v) is 5.41. The lowest BCUT2D eigenvalue weighted by Crippen LogP contribution is -2.94. The smallest absolute Gasteiger partial charge is 0.230 e. The first-order valence-corrected chi connectivity index (χ1v) is 7.60. The number of carboxylic acids is 1. The average Bonchev–Trinajstić information content (AvgIpc) is 2.49. The molecule has 0 saturated heterocycles. The number of carbonyl (C=O) groups is 2. The number of amides is 1. The molecule has 0 aromatic heterocycles. The third-order valence-electron chi connectivity index (χ3n) is 3.11. The zero-order valence-corrected chi connectivity index (χ0v) is 13.6. The van der Waals surface area contributed by atoms with Crippen molar-refractivity contribution >= 4 is 29.2 Å². The number of rotatable bonds is 10. The Morgan fingerprint density at radius 2 is 2.17 bits per heavy atom. The first-order chi connectivity index (χ1) is 10.9. The summed E-state index contributed by atoms with van der Waals surface area (Å²) in [5, 5.41) is 24.2. The number of anilines is 1. The van der Waals surface area contributed by atoms with E-state index in [0.717, 1.165) is 5.56 Å². The van der Waals surface area contributed by atoms with Gasteiger partial charge in [-0.25, -0.2) is 0 Å². The van der Waals surface area contributed by atoms with E-state index in [4.69, 9.17) is 21.4 Å². The summed E-state index contributed by atoms with van der Waals surface area (Å²) in [5.74, 6) is -1.75. The van der Waals surface area contributed by atoms with Crippen molar-refractivity contribution in [3.8, 4) is 0 Å². The van der Waals surface area contributed by atoms with Crippen LogP contribution in [0.3, 0.4) is 0 Å². The number of aryl methyl sites for hydroxylation is 1. The van der Waals surface area contributed by atoms with Crippen molar-refractivity contribution in [3.63, 3.8) is 0 Å². The molecule has 0 saturated carbocycles. The van der Waals surface area contributed by atoms with Gasteiger partial charge in [0, 0.05) is 10.7 Å². The van der Waals surface area contributed by atoms with Gasteiger partial charge in [-0.15, -0.1) is 0 Å². The first kappa shape index (κ1) is 19.4. The summed E-state index contributed by atoms with van der Waals surface area (Å²) >= 11 is 5.97. The van der Waals surface area contributed by atoms with Crippen molar-refractivity contribution in [2.75, 3.05) is 31.7 Å². The first-order valence-electron chi connectivity index (χ1n) is 7.23. The van der Waals surface area contributed by atoms with Crippen molar-refractivity contribution in [1.29, 1.82) is 0 Å². The highest BCUT2D eigenvalue weighted by Gasteiger charge is 2.18. The predicted molar refractivity (Wildman–Crippen MR) is 82.9 cm³/mol. The summed E-state index contributed by atoms with van der Waals surface area (Å²) in [6, 6.07) is 4.06. The molecule has 0 unspecified atom stereocenters. The van der Waals surface area contributed by atoms with Crippen molar-refractivity contribution < 1.29 is 29.9 Å². The zero-order chi connectivity index (χ0) is 17.2. The van der Waals surface area contributed by atoms with Crippen LogP contribution in [-0.4, -0.2) is 49.4 Å². The Bertz CT molecular complexity index is 539. The van der Waals surface area contributed by atoms with E-state index in [1.165, 1.54) is 5.32 Å². The number of quaternary nitrogens is 1. The van der Waals surface area contributed by atoms with Gasteiger partial charge in [0.15, 0.2) is 0 Å². The Kier molecular flexibility index (Phi) is 8.57. The minimum absolute atomic E-state index is 0.0918. The van der Waals surface area contributed by atoms with Gasteiger partial charge in [0.1, 0.15) is 6.04 Å². The second-order valence-electron chi connectivity index (χ2n) is 5.00. The number of aliphatic hydroxyl groups excluding tert-OH is 1. The maximum atomic E-state index is 11.9. The number of halogens is 1. The van der Waals surface area contributed by atoms with Crippen LogP contribution in [0.1, 0.15) is 12.0 Å². The van der Waals surface area contributed by atoms with Gasteiger partial charge in [-0.1, -0.05) is 17.7 Å². The van der Waals surface area contributed by atoms with E-state index >= 15 is 0 Å². The molecule has 7 nitrogen and oxygen atoms in total. The van der Waals surface area contributed by atoms with Crippen LogP contribution in [0.15, 0.2) is 18.2 Å². The molecule has 0 spiro atoms. The maximum absolute atomic E-state index is 11.9. The van der Waals surface area contributed by atoms with Crippen molar-refractivity contribution in [3.05, 3.63) is 28.8 Å². The number of hydrogen-bond acceptors (Lipinski definition) is 5. The number of nitrogens with two attached hydrogens (primary N) is 1. The third-order valence-corrected chi connectivity index (χ3v) is 3.52. The lowest BCUT2D eigenvalue weighted by atomic mass is 10.2. The summed E-state index contributed by atoms with van der Waals surface area (Å²) in [7, 11) is 0. The third kappa shape index (κ3) is 7.43. The van der Waals surface area contributed by atoms with Gasteiger partial charge in [0.05, 0.1) is 38.8 Å². The molecule has 0 aliphatic heterocycles. The zero-order valence-electron chi connectivity index (χ0n) is 12.9. The Morgan fingerprint density at radius 1 is 1.43 bits per heavy atom. The highest BCUT2D eigenvalue weighted by atomic mass is 35.5. The number of aliphatic hydroxyl groups is 1. The molecule has 0 heterocycles. The molecule has 1 aromatic carbocycles. The maximum Gasteiger partial charge on any atom is 0.230 e. The quantitative estimate of drug-likeness (QED) is 0.455. The summed E-state index contributed by atoms with van der Waals surface area (Å²) < 4.78 is 5.03. The Labute approximate surface area is 139 Å². The van der Waals surface area contributed by atoms with Gasteiger partial charge in [-0.05, 0) is 24.6 Å². The molecule has 23 heavy (non-hydrogen) atoms. The van der Waals surface area contributed by atoms with Crippen molar-refractivity contribution in [2.45, 2.75) is 19.4 Å². The van der Waals surface area contributed by atoms with Crippen LogP contribution >= 0.6 is 11.6 Å². The minimum Gasteiger partial charge on any atom is -0.544 e. The molecule has 4 N–H and O–H groups in total. The van der Waals surface area contributed by atoms with E-state index in [-0.39, 0.29) is 26.2 Å². The van der Waals surface area contributed by atoms with E-state index in [0.29, 0.717) is 17.3 Å². The van der Waals surface area contributed by atoms with Gasteiger partial charge < -0.3 is 30.4 Å². The molecule has 0 fully saturated rings. The number of ether oxygens (including phenoxy) is 1. The van der Waals surface area contributed by atoms with E-state index in [1.54, 1.807) is 18.2 Å². The van der Waals surface area contributed by atoms with Crippen molar-refractivity contribution in [1.82, 2.24) is 0 Å². The normalized spacial score (nSPS) is 12.0. The standard InChI is InChI=1S/C15H21ClN2O5/c1-10-2-3-11(8-12(10)16)18-14(20)9-13(15(21)22)17-4-6-23-7-5-19/h2-3,8,13,17,19H,4-7,9H2,1H3,(H,18,20)(H,21,22)/t13-/m1/s1. The SMILES string of the molecule is Cc1ccc(NC(=O)C[C@@H]([NH2+]CCOCCO)C(=O)[O-])cc1Cl. The van der Waals surface area contributed by atoms with Crippen LogP contribution in [0, 0.1) is 6.92 Å². The number of benzene rings is 1. The highest BCUT2D eigenvalue weighted by molar-refractivity contribution is 6.31. The van der Waals surface area contributed by atoms with Gasteiger partial charge in [-0.3, -0.25) is 4.79 Å². The minimum atomic E-state index is -1.32. The van der Waals surface area contributed by atoms with Gasteiger partial charge in [0.2, 0.25) is 5.91 Å². The topological polar surface area (TPSA) is 115 Å². The van der Waals surface area contributed by atoms with Crippen LogP contribution < -0.4 is 15.7 Å². The predicted octanol–water partition coefficient (Wildman–Crippen LogP) is -1.33. The number of carboxylic acid groups (broad SMARTS) is 1. The number of nitrogens with one attached hydrogen (secondary N) is 1. The largest absolute Gasteiger partial charge is 0.544 e. The fraction of sp³-hybridized carbons (Fsp3) is 0.467. The lowest BCUT2D eigenvalue weighted by molar-refractivity contribution is -0.683. The van der Waals surface area contributed by atoms with Crippen LogP contribution in [0.4, 0.5) is 5.69 Å². The Hall–Kier alpha value is -1.67. The van der Waals surface area contributed by atoms with Crippen molar-refractivity contribution in [2.24, 2.45) is 0 Å². The fourth-order valence-electron chi connectivity index (χ4n) is 1.86. The lowest BCUT2D eigenvalue weighted by Gasteiger charge is -2.16. The van der Waals surface area contributed by atoms with Gasteiger partial charge in [0.25, 0.3) is 0 Å². The van der Waals surface area contributed by atoms with Crippen LogP contribution in [0.2, 0.25) is 5.02 Å². The molecule has 1 amide bonds. The molecule has 0 bridgehead atoms. The Balaban J connectivity index is 2.47. The van der Waals surface area contributed by atoms with Crippen LogP contribution in [0.25, 0.3) is 0 Å². The number of hydrogen-bond donors (Lipinski definition) is 3. The Morgan fingerprint density at radius 3 is 2.78 bits per heavy atom. The summed E-state index contributed by atoms with van der Waals surface area (Å²) in [5.41, 5.74) is 1.39. The van der Waals surface area contributed by atoms with Gasteiger partial charge >= 0.3 is 0 Å². The molecule has 0 aliphatic carbocycles. The molecule has 128 valence electrons. The molecule has 0 radical (unpaired) electrons. The number of aliphatic carboxylic acids is 1. The number of carbonyl (C=O) groups excluding carboxylic acids is 2. The van der Waals surface area contributed by atoms with Crippen LogP contribution in [-0.2, 0) is 14.3 Å². The molecular formula is C15H21ClN2O5. The monoisotopic (exact) mass is 344 g/mol. The molecule has 0 aliphatic rings. The summed E-state index contributed by atoms with van der Waals surface area (Å²) in [4.78, 5) is 23.0. The summed E-state index contributed by atoms with van der Waals surface area (Å²) in [6.07, 6.45) is -0.228. The van der Waals surface area contributed by atoms with Crippen LogP contribution in [0.5, 0.6) is 0 Å². The highest BCUT2D eigenvalue weighted by Crippen LogP contribution is 2.19. The summed E-state index contributed by atoms with van der Waals surface area (Å²) in [6.45, 7) is 2.57. The second kappa shape index (κ2) is 10.2. The van der Waals surface area contributed by atoms with E-state index < -0.39 is 17.9 Å². The molecular weight excluding hydrogens is 324 g/mol. The average molecular weight is 345 g/mol. The molecule has 8 heteroatoms. The molecule has 1 rings (SSSR count). The molecule has 1 atom stereocenters. The van der Waals surface area contributed by atoms with E-state index in [9.17, 15) is 14.7 Å². The van der Waals surface area contributed by atoms with E-state index in [2.05, 4.69) is 5.32 Å².